The van der Waals surface area contributed by atoms with Gasteiger partial charge in [-0.2, -0.15) is 0 Å². The lowest BCUT2D eigenvalue weighted by Crippen LogP contribution is -2.07. The predicted molar refractivity (Wildman–Crippen MR) is 82.4 cm³/mol. The minimum Gasteiger partial charge on any atom is -0.366 e. The molecule has 4 nitrogen and oxygen atoms in total. The molecule has 2 rings (SSSR count). The number of anilines is 1. The second kappa shape index (κ2) is 7.01. The summed E-state index contributed by atoms with van der Waals surface area (Å²) in [7, 11) is 0. The van der Waals surface area contributed by atoms with Crippen LogP contribution in [0.15, 0.2) is 30.5 Å². The van der Waals surface area contributed by atoms with E-state index in [0.29, 0.717) is 6.54 Å². The number of nitrogens with one attached hydrogen (secondary N) is 1. The fourth-order valence-electron chi connectivity index (χ4n) is 2.08. The maximum absolute atomic E-state index is 5.60. The molecular weight excluding hydrogens is 248 g/mol. The van der Waals surface area contributed by atoms with Crippen LogP contribution in [-0.2, 0) is 19.5 Å². The quantitative estimate of drug-likeness (QED) is 0.847. The van der Waals surface area contributed by atoms with Crippen LogP contribution in [0.3, 0.4) is 0 Å². The summed E-state index contributed by atoms with van der Waals surface area (Å²) in [5.74, 6) is 1.74. The Morgan fingerprint density at radius 1 is 1.15 bits per heavy atom. The molecule has 1 aromatic carbocycles. The summed E-state index contributed by atoms with van der Waals surface area (Å²) in [4.78, 5) is 8.77. The first kappa shape index (κ1) is 14.5. The monoisotopic (exact) mass is 270 g/mol. The van der Waals surface area contributed by atoms with Crippen LogP contribution in [-0.4, -0.2) is 9.97 Å². The van der Waals surface area contributed by atoms with E-state index in [0.717, 1.165) is 36.6 Å². The molecule has 0 unspecified atom stereocenters. The van der Waals surface area contributed by atoms with Crippen molar-refractivity contribution in [1.82, 2.24) is 9.97 Å². The highest BCUT2D eigenvalue weighted by molar-refractivity contribution is 5.43. The molecule has 3 N–H and O–H groups in total. The van der Waals surface area contributed by atoms with Crippen LogP contribution in [0.5, 0.6) is 0 Å². The highest BCUT2D eigenvalue weighted by Crippen LogP contribution is 2.15. The number of nitrogens with two attached hydrogens (primary N) is 1. The molecule has 2 aromatic rings. The first-order valence-electron chi connectivity index (χ1n) is 7.07. The Balaban J connectivity index is 2.07. The van der Waals surface area contributed by atoms with Crippen LogP contribution in [0, 0.1) is 6.92 Å². The molecule has 0 amide bonds. The molecule has 4 heteroatoms. The first-order chi connectivity index (χ1) is 9.72. The fraction of sp³-hybridized carbons (Fsp3) is 0.375. The van der Waals surface area contributed by atoms with Gasteiger partial charge in [0, 0.05) is 24.8 Å². The molecule has 1 heterocycles. The normalized spacial score (nSPS) is 10.6. The van der Waals surface area contributed by atoms with E-state index in [9.17, 15) is 0 Å². The average Bonchev–Trinajstić information content (AvgIpc) is 2.48. The maximum Gasteiger partial charge on any atom is 0.133 e. The van der Waals surface area contributed by atoms with Crippen molar-refractivity contribution in [2.45, 2.75) is 39.8 Å². The molecule has 0 aliphatic rings. The largest absolute Gasteiger partial charge is 0.366 e. The fourth-order valence-corrected chi connectivity index (χ4v) is 2.08. The minimum absolute atomic E-state index is 0.583. The maximum atomic E-state index is 5.60. The highest BCUT2D eigenvalue weighted by Gasteiger charge is 2.04. The van der Waals surface area contributed by atoms with Gasteiger partial charge in [-0.3, -0.25) is 0 Å². The lowest BCUT2D eigenvalue weighted by molar-refractivity contribution is 0.886. The number of hydrogen-bond donors (Lipinski definition) is 2. The van der Waals surface area contributed by atoms with E-state index in [1.54, 1.807) is 0 Å². The number of aromatic nitrogens is 2. The lowest BCUT2D eigenvalue weighted by atomic mass is 10.1. The molecule has 0 atom stereocenters. The summed E-state index contributed by atoms with van der Waals surface area (Å²) < 4.78 is 0. The Kier molecular flexibility index (Phi) is 5.07. The molecule has 0 aliphatic heterocycles. The standard InChI is InChI=1S/C16H22N4/c1-3-4-15-11-18-12(2)20-16(15)19-10-14-7-5-13(9-17)6-8-14/h5-8,11H,3-4,9-10,17H2,1-2H3,(H,18,19,20). The first-order valence-corrected chi connectivity index (χ1v) is 7.07. The Morgan fingerprint density at radius 2 is 1.85 bits per heavy atom. The molecule has 0 aliphatic carbocycles. The molecule has 0 saturated carbocycles. The minimum atomic E-state index is 0.583. The van der Waals surface area contributed by atoms with Crippen molar-refractivity contribution in [2.24, 2.45) is 5.73 Å². The molecule has 20 heavy (non-hydrogen) atoms. The van der Waals surface area contributed by atoms with Gasteiger partial charge in [0.15, 0.2) is 0 Å². The van der Waals surface area contributed by atoms with Gasteiger partial charge in [-0.15, -0.1) is 0 Å². The Hall–Kier alpha value is -1.94. The van der Waals surface area contributed by atoms with Gasteiger partial charge in [0.2, 0.25) is 0 Å². The zero-order chi connectivity index (χ0) is 14.4. The van der Waals surface area contributed by atoms with E-state index in [1.807, 2.05) is 13.1 Å². The van der Waals surface area contributed by atoms with Gasteiger partial charge >= 0.3 is 0 Å². The van der Waals surface area contributed by atoms with Crippen LogP contribution in [0.4, 0.5) is 5.82 Å². The predicted octanol–water partition coefficient (Wildman–Crippen LogP) is 2.81. The third kappa shape index (κ3) is 3.78. The summed E-state index contributed by atoms with van der Waals surface area (Å²) in [6.07, 6.45) is 4.01. The van der Waals surface area contributed by atoms with E-state index in [-0.39, 0.29) is 0 Å². The average molecular weight is 270 g/mol. The lowest BCUT2D eigenvalue weighted by Gasteiger charge is -2.11. The Morgan fingerprint density at radius 3 is 2.50 bits per heavy atom. The third-order valence-electron chi connectivity index (χ3n) is 3.22. The van der Waals surface area contributed by atoms with Gasteiger partial charge in [-0.05, 0) is 24.5 Å². The number of aryl methyl sites for hydroxylation is 2. The van der Waals surface area contributed by atoms with Crippen LogP contribution in [0.1, 0.15) is 35.9 Å². The van der Waals surface area contributed by atoms with Crippen molar-refractivity contribution in [3.63, 3.8) is 0 Å². The van der Waals surface area contributed by atoms with Crippen LogP contribution < -0.4 is 11.1 Å². The topological polar surface area (TPSA) is 63.8 Å². The van der Waals surface area contributed by atoms with E-state index in [2.05, 4.69) is 46.5 Å². The van der Waals surface area contributed by atoms with Gasteiger partial charge in [0.05, 0.1) is 0 Å². The van der Waals surface area contributed by atoms with E-state index < -0.39 is 0 Å². The summed E-state index contributed by atoms with van der Waals surface area (Å²) in [6.45, 7) is 5.42. The number of benzene rings is 1. The summed E-state index contributed by atoms with van der Waals surface area (Å²) >= 11 is 0. The number of nitrogens with zero attached hydrogens (tertiary/aromatic N) is 2. The Labute approximate surface area is 120 Å². The highest BCUT2D eigenvalue weighted by atomic mass is 15.0. The smallest absolute Gasteiger partial charge is 0.133 e. The Bertz CT molecular complexity index is 549. The van der Waals surface area contributed by atoms with Crippen LogP contribution in [0.2, 0.25) is 0 Å². The van der Waals surface area contributed by atoms with E-state index >= 15 is 0 Å². The third-order valence-corrected chi connectivity index (χ3v) is 3.22. The molecule has 0 saturated heterocycles. The molecular formula is C16H22N4. The zero-order valence-corrected chi connectivity index (χ0v) is 12.2. The van der Waals surface area contributed by atoms with Gasteiger partial charge in [0.1, 0.15) is 11.6 Å². The molecule has 0 fully saturated rings. The van der Waals surface area contributed by atoms with Crippen molar-refractivity contribution >= 4 is 5.82 Å². The van der Waals surface area contributed by atoms with Gasteiger partial charge in [-0.1, -0.05) is 37.6 Å². The molecule has 1 aromatic heterocycles. The van der Waals surface area contributed by atoms with E-state index in [1.165, 1.54) is 11.1 Å². The summed E-state index contributed by atoms with van der Waals surface area (Å²) in [6, 6.07) is 8.33. The van der Waals surface area contributed by atoms with Gasteiger partial charge < -0.3 is 11.1 Å². The summed E-state index contributed by atoms with van der Waals surface area (Å²) in [5.41, 5.74) is 9.15. The van der Waals surface area contributed by atoms with Crippen molar-refractivity contribution in [3.8, 4) is 0 Å². The molecule has 0 radical (unpaired) electrons. The van der Waals surface area contributed by atoms with Crippen molar-refractivity contribution in [3.05, 3.63) is 53.0 Å². The van der Waals surface area contributed by atoms with Gasteiger partial charge in [0.25, 0.3) is 0 Å². The zero-order valence-electron chi connectivity index (χ0n) is 12.2. The summed E-state index contributed by atoms with van der Waals surface area (Å²) in [5, 5.41) is 3.41. The molecule has 0 bridgehead atoms. The van der Waals surface area contributed by atoms with Gasteiger partial charge in [-0.25, -0.2) is 9.97 Å². The van der Waals surface area contributed by atoms with Crippen LogP contribution >= 0.6 is 0 Å². The second-order valence-corrected chi connectivity index (χ2v) is 4.92. The van der Waals surface area contributed by atoms with Crippen molar-refractivity contribution in [1.29, 1.82) is 0 Å². The second-order valence-electron chi connectivity index (χ2n) is 4.92. The molecule has 0 spiro atoms. The number of hydrogen-bond acceptors (Lipinski definition) is 4. The van der Waals surface area contributed by atoms with Crippen LogP contribution in [0.25, 0.3) is 0 Å². The number of rotatable bonds is 6. The van der Waals surface area contributed by atoms with E-state index in [4.69, 9.17) is 5.73 Å². The SMILES string of the molecule is CCCc1cnc(C)nc1NCc1ccc(CN)cc1. The van der Waals surface area contributed by atoms with Crippen molar-refractivity contribution in [2.75, 3.05) is 5.32 Å². The van der Waals surface area contributed by atoms with Crippen molar-refractivity contribution < 1.29 is 0 Å². The molecule has 106 valence electrons.